The molecule has 1 aliphatic rings. The summed E-state index contributed by atoms with van der Waals surface area (Å²) in [5.74, 6) is -0.113. The third kappa shape index (κ3) is 7.14. The first-order chi connectivity index (χ1) is 22.1. The Hall–Kier alpha value is -4.12. The molecule has 1 fully saturated rings. The first-order valence-electron chi connectivity index (χ1n) is 15.1. The highest BCUT2D eigenvalue weighted by atomic mass is 32.2. The number of benzene rings is 4. The summed E-state index contributed by atoms with van der Waals surface area (Å²) in [6, 6.07) is 27.2. The number of piperazine rings is 1. The lowest BCUT2D eigenvalue weighted by Crippen LogP contribution is -2.48. The van der Waals surface area contributed by atoms with Gasteiger partial charge in [-0.1, -0.05) is 47.7 Å². The molecule has 0 saturated carbocycles. The number of carbonyl (C=O) groups is 1. The van der Waals surface area contributed by atoms with Crippen LogP contribution >= 0.6 is 23.1 Å². The van der Waals surface area contributed by atoms with Crippen LogP contribution in [0.2, 0.25) is 0 Å². The molecule has 4 aromatic carbocycles. The molecule has 10 heteroatoms. The molecule has 2 heterocycles. The van der Waals surface area contributed by atoms with Crippen LogP contribution in [0.4, 0.5) is 11.4 Å². The maximum absolute atomic E-state index is 13.5. The summed E-state index contributed by atoms with van der Waals surface area (Å²) in [7, 11) is -3.91. The zero-order chi connectivity index (χ0) is 32.4. The molecular formula is C36H36N4O3S3. The van der Waals surface area contributed by atoms with Gasteiger partial charge in [-0.15, -0.1) is 11.3 Å². The zero-order valence-electron chi connectivity index (χ0n) is 26.3. The highest BCUT2D eigenvalue weighted by Gasteiger charge is 2.24. The van der Waals surface area contributed by atoms with Gasteiger partial charge in [0.25, 0.3) is 15.9 Å². The Morgan fingerprint density at radius 1 is 0.848 bits per heavy atom. The maximum atomic E-state index is 13.5. The lowest BCUT2D eigenvalue weighted by Gasteiger charge is -2.36. The fourth-order valence-corrected chi connectivity index (χ4v) is 8.41. The molecular weight excluding hydrogens is 633 g/mol. The minimum atomic E-state index is -3.91. The van der Waals surface area contributed by atoms with Gasteiger partial charge in [-0.2, -0.15) is 0 Å². The molecule has 1 aromatic heterocycles. The van der Waals surface area contributed by atoms with Gasteiger partial charge in [-0.25, -0.2) is 13.4 Å². The van der Waals surface area contributed by atoms with Crippen LogP contribution in [0.25, 0.3) is 11.3 Å². The van der Waals surface area contributed by atoms with Crippen LogP contribution in [0.15, 0.2) is 105 Å². The van der Waals surface area contributed by atoms with Crippen LogP contribution in [-0.4, -0.2) is 50.4 Å². The SMILES string of the molecule is Cc1ccc(Sc2ccc(N3CCN(C(=O)c4cccc(NS(=O)(=O)c5cc(-c6csc(C)n6)ccc5C)c4)CC3)cc2)c(C)c1. The van der Waals surface area contributed by atoms with Gasteiger partial charge in [-0.3, -0.25) is 9.52 Å². The van der Waals surface area contributed by atoms with Crippen molar-refractivity contribution in [3.63, 3.8) is 0 Å². The summed E-state index contributed by atoms with van der Waals surface area (Å²) in [6.45, 7) is 10.5. The van der Waals surface area contributed by atoms with Crippen LogP contribution in [0.5, 0.6) is 0 Å². The number of aromatic nitrogens is 1. The molecule has 0 spiro atoms. The van der Waals surface area contributed by atoms with E-state index in [0.717, 1.165) is 35.0 Å². The zero-order valence-corrected chi connectivity index (χ0v) is 28.7. The molecule has 0 bridgehead atoms. The minimum Gasteiger partial charge on any atom is -0.368 e. The van der Waals surface area contributed by atoms with Crippen LogP contribution < -0.4 is 9.62 Å². The van der Waals surface area contributed by atoms with Gasteiger partial charge in [0.15, 0.2) is 0 Å². The Bertz CT molecular complexity index is 2000. The number of anilines is 2. The Balaban J connectivity index is 1.08. The second-order valence-corrected chi connectivity index (χ2v) is 15.4. The Morgan fingerprint density at radius 2 is 1.61 bits per heavy atom. The number of amides is 1. The molecule has 46 heavy (non-hydrogen) atoms. The van der Waals surface area contributed by atoms with Crippen molar-refractivity contribution in [2.45, 2.75) is 42.4 Å². The molecule has 6 rings (SSSR count). The predicted molar refractivity (Wildman–Crippen MR) is 189 cm³/mol. The standard InChI is InChI=1S/C36H36N4O3S3/c1-24-8-15-34(26(3)20-24)45-32-13-11-31(12-14-32)39-16-18-40(19-17-39)36(41)29-6-5-7-30(21-29)38-46(42,43)35-22-28(10-9-25(35)2)33-23-44-27(4)37-33/h5-15,20-23,38H,16-19H2,1-4H3. The number of rotatable bonds is 8. The lowest BCUT2D eigenvalue weighted by atomic mass is 10.1. The molecule has 1 N–H and O–H groups in total. The van der Waals surface area contributed by atoms with Crippen molar-refractivity contribution in [3.8, 4) is 11.3 Å². The summed E-state index contributed by atoms with van der Waals surface area (Å²) in [6.07, 6.45) is 0. The molecule has 236 valence electrons. The fourth-order valence-electron chi connectivity index (χ4n) is 5.59. The number of nitrogens with one attached hydrogen (secondary N) is 1. The van der Waals surface area contributed by atoms with Crippen LogP contribution in [0.3, 0.4) is 0 Å². The molecule has 0 unspecified atom stereocenters. The fraction of sp³-hybridized carbons (Fsp3) is 0.222. The second-order valence-electron chi connectivity index (χ2n) is 11.6. The van der Waals surface area contributed by atoms with E-state index < -0.39 is 10.0 Å². The third-order valence-corrected chi connectivity index (χ3v) is 11.6. The molecule has 1 amide bonds. The summed E-state index contributed by atoms with van der Waals surface area (Å²) >= 11 is 3.29. The van der Waals surface area contributed by atoms with Crippen molar-refractivity contribution in [2.75, 3.05) is 35.8 Å². The minimum absolute atomic E-state index is 0.113. The largest absolute Gasteiger partial charge is 0.368 e. The summed E-state index contributed by atoms with van der Waals surface area (Å²) in [5.41, 5.74) is 6.59. The average molecular weight is 669 g/mol. The summed E-state index contributed by atoms with van der Waals surface area (Å²) in [5, 5.41) is 2.83. The predicted octanol–water partition coefficient (Wildman–Crippen LogP) is 7.96. The number of carbonyl (C=O) groups excluding carboxylic acids is 1. The lowest BCUT2D eigenvalue weighted by molar-refractivity contribution is 0.0747. The normalized spacial score (nSPS) is 13.6. The quantitative estimate of drug-likeness (QED) is 0.181. The molecule has 7 nitrogen and oxygen atoms in total. The van der Waals surface area contributed by atoms with E-state index in [2.05, 4.69) is 70.9 Å². The number of hydrogen-bond acceptors (Lipinski definition) is 7. The van der Waals surface area contributed by atoms with E-state index in [-0.39, 0.29) is 10.8 Å². The van der Waals surface area contributed by atoms with Crippen molar-refractivity contribution < 1.29 is 13.2 Å². The summed E-state index contributed by atoms with van der Waals surface area (Å²) in [4.78, 5) is 24.7. The number of nitrogens with zero attached hydrogens (tertiary/aromatic N) is 3. The number of thiazole rings is 1. The topological polar surface area (TPSA) is 82.6 Å². The van der Waals surface area contributed by atoms with Crippen molar-refractivity contribution >= 4 is 50.4 Å². The van der Waals surface area contributed by atoms with Crippen molar-refractivity contribution in [3.05, 3.63) is 118 Å². The van der Waals surface area contributed by atoms with Gasteiger partial charge < -0.3 is 9.80 Å². The molecule has 0 atom stereocenters. The van der Waals surface area contributed by atoms with Crippen molar-refractivity contribution in [1.29, 1.82) is 0 Å². The first kappa shape index (κ1) is 31.8. The monoisotopic (exact) mass is 668 g/mol. The molecule has 1 saturated heterocycles. The van der Waals surface area contributed by atoms with Gasteiger partial charge in [0.1, 0.15) is 0 Å². The highest BCUT2D eigenvalue weighted by molar-refractivity contribution is 7.99. The third-order valence-electron chi connectivity index (χ3n) is 8.08. The molecule has 0 aliphatic carbocycles. The van der Waals surface area contributed by atoms with E-state index in [1.165, 1.54) is 32.3 Å². The molecule has 1 aliphatic heterocycles. The average Bonchev–Trinajstić information content (AvgIpc) is 3.48. The number of hydrogen-bond donors (Lipinski definition) is 1. The van der Waals surface area contributed by atoms with Gasteiger partial charge in [0.2, 0.25) is 0 Å². The van der Waals surface area contributed by atoms with Gasteiger partial charge >= 0.3 is 0 Å². The number of aryl methyl sites for hydroxylation is 4. The van der Waals surface area contributed by atoms with E-state index in [1.807, 2.05) is 23.3 Å². The second kappa shape index (κ2) is 13.3. The number of sulfonamides is 1. The van der Waals surface area contributed by atoms with E-state index in [9.17, 15) is 13.2 Å². The van der Waals surface area contributed by atoms with Crippen LogP contribution in [-0.2, 0) is 10.0 Å². The Kier molecular flexibility index (Phi) is 9.22. The maximum Gasteiger partial charge on any atom is 0.262 e. The van der Waals surface area contributed by atoms with Crippen molar-refractivity contribution in [2.24, 2.45) is 0 Å². The van der Waals surface area contributed by atoms with E-state index in [1.54, 1.807) is 55.1 Å². The van der Waals surface area contributed by atoms with Gasteiger partial charge in [0.05, 0.1) is 15.6 Å². The Morgan fingerprint density at radius 3 is 2.30 bits per heavy atom. The molecule has 0 radical (unpaired) electrons. The van der Waals surface area contributed by atoms with Crippen LogP contribution in [0, 0.1) is 27.7 Å². The van der Waals surface area contributed by atoms with E-state index in [0.29, 0.717) is 29.9 Å². The van der Waals surface area contributed by atoms with Gasteiger partial charge in [-0.05, 0) is 93.4 Å². The van der Waals surface area contributed by atoms with E-state index in [4.69, 9.17) is 0 Å². The van der Waals surface area contributed by atoms with Gasteiger partial charge in [0, 0.05) is 63.9 Å². The van der Waals surface area contributed by atoms with Crippen molar-refractivity contribution in [1.82, 2.24) is 9.88 Å². The first-order valence-corrected chi connectivity index (χ1v) is 18.3. The molecule has 5 aromatic rings. The van der Waals surface area contributed by atoms with Crippen LogP contribution in [0.1, 0.15) is 32.1 Å². The smallest absolute Gasteiger partial charge is 0.262 e. The Labute approximate surface area is 279 Å². The highest BCUT2D eigenvalue weighted by Crippen LogP contribution is 2.32. The van der Waals surface area contributed by atoms with E-state index >= 15 is 0 Å². The summed E-state index contributed by atoms with van der Waals surface area (Å²) < 4.78 is 29.6.